The summed E-state index contributed by atoms with van der Waals surface area (Å²) >= 11 is 0. The minimum Gasteiger partial charge on any atom is -0.309 e. The molecular weight excluding hydrogens is 342 g/mol. The number of nitriles is 2. The Labute approximate surface area is 163 Å². The maximum atomic E-state index is 9.79. The number of fused-ring (bicyclic) bond motifs is 5. The van der Waals surface area contributed by atoms with Crippen molar-refractivity contribution < 1.29 is 0 Å². The predicted molar refractivity (Wildman–Crippen MR) is 110 cm³/mol. The van der Waals surface area contributed by atoms with Crippen molar-refractivity contribution in [2.45, 2.75) is 19.3 Å². The number of hydrogen-bond donors (Lipinski definition) is 0. The standard InChI is InChI=1S/C25H17N3/c1-25(2)20-12-5-3-10-18(20)22-19-11-4-6-13-21(19)28(24(22)25)23-16(14-26)8-7-9-17(23)15-27/h3-13H,1-2H3. The lowest BCUT2D eigenvalue weighted by Gasteiger charge is -2.25. The van der Waals surface area contributed by atoms with Crippen molar-refractivity contribution in [3.63, 3.8) is 0 Å². The number of rotatable bonds is 1. The highest BCUT2D eigenvalue weighted by Gasteiger charge is 2.41. The fourth-order valence-corrected chi connectivity index (χ4v) is 4.68. The summed E-state index contributed by atoms with van der Waals surface area (Å²) in [6.07, 6.45) is 0. The van der Waals surface area contributed by atoms with Crippen LogP contribution in [0.15, 0.2) is 66.7 Å². The number of para-hydroxylation sites is 2. The topological polar surface area (TPSA) is 52.5 Å². The van der Waals surface area contributed by atoms with Gasteiger partial charge in [0.25, 0.3) is 0 Å². The number of nitrogens with zero attached hydrogens (tertiary/aromatic N) is 3. The van der Waals surface area contributed by atoms with Gasteiger partial charge in [0.2, 0.25) is 0 Å². The Kier molecular flexibility index (Phi) is 3.26. The molecule has 3 heteroatoms. The van der Waals surface area contributed by atoms with Crippen LogP contribution in [0, 0.1) is 22.7 Å². The molecular formula is C25H17N3. The molecule has 1 aliphatic rings. The van der Waals surface area contributed by atoms with E-state index in [-0.39, 0.29) is 5.41 Å². The Hall–Kier alpha value is -3.82. The van der Waals surface area contributed by atoms with E-state index in [0.717, 1.165) is 16.6 Å². The van der Waals surface area contributed by atoms with Crippen LogP contribution in [-0.2, 0) is 5.41 Å². The first kappa shape index (κ1) is 16.4. The third-order valence-corrected chi connectivity index (χ3v) is 5.84. The Balaban J connectivity index is 2.04. The maximum absolute atomic E-state index is 9.79. The SMILES string of the molecule is CC1(C)c2ccccc2-c2c1n(-c1c(C#N)cccc1C#N)c1ccccc21. The molecule has 1 heterocycles. The van der Waals surface area contributed by atoms with Gasteiger partial charge in [-0.05, 0) is 29.3 Å². The zero-order valence-electron chi connectivity index (χ0n) is 15.7. The smallest absolute Gasteiger partial charge is 0.101 e. The molecule has 0 aliphatic heterocycles. The Morgan fingerprint density at radius 2 is 1.43 bits per heavy atom. The van der Waals surface area contributed by atoms with E-state index in [0.29, 0.717) is 16.8 Å². The van der Waals surface area contributed by atoms with Crippen molar-refractivity contribution in [1.82, 2.24) is 4.57 Å². The molecule has 0 saturated heterocycles. The van der Waals surface area contributed by atoms with Gasteiger partial charge in [-0.3, -0.25) is 0 Å². The molecule has 0 radical (unpaired) electrons. The van der Waals surface area contributed by atoms with Crippen molar-refractivity contribution in [2.24, 2.45) is 0 Å². The summed E-state index contributed by atoms with van der Waals surface area (Å²) < 4.78 is 2.14. The maximum Gasteiger partial charge on any atom is 0.101 e. The number of benzene rings is 3. The summed E-state index contributed by atoms with van der Waals surface area (Å²) in [5.41, 5.74) is 7.30. The van der Waals surface area contributed by atoms with E-state index in [4.69, 9.17) is 0 Å². The van der Waals surface area contributed by atoms with Crippen LogP contribution in [0.25, 0.3) is 27.7 Å². The van der Waals surface area contributed by atoms with E-state index in [1.54, 1.807) is 18.2 Å². The molecule has 0 bridgehead atoms. The monoisotopic (exact) mass is 359 g/mol. The molecule has 5 rings (SSSR count). The molecule has 0 unspecified atom stereocenters. The lowest BCUT2D eigenvalue weighted by molar-refractivity contribution is 0.623. The minimum atomic E-state index is -0.250. The van der Waals surface area contributed by atoms with E-state index >= 15 is 0 Å². The molecule has 3 nitrogen and oxygen atoms in total. The van der Waals surface area contributed by atoms with Gasteiger partial charge in [-0.2, -0.15) is 10.5 Å². The molecule has 132 valence electrons. The van der Waals surface area contributed by atoms with E-state index in [2.05, 4.69) is 67.0 Å². The van der Waals surface area contributed by atoms with E-state index in [9.17, 15) is 10.5 Å². The highest BCUT2D eigenvalue weighted by Crippen LogP contribution is 2.53. The third-order valence-electron chi connectivity index (χ3n) is 5.84. The molecule has 0 N–H and O–H groups in total. The molecule has 4 aromatic rings. The average Bonchev–Trinajstić information content (AvgIpc) is 3.19. The van der Waals surface area contributed by atoms with Crippen LogP contribution in [0.5, 0.6) is 0 Å². The van der Waals surface area contributed by atoms with Crippen LogP contribution in [0.4, 0.5) is 0 Å². The van der Waals surface area contributed by atoms with Gasteiger partial charge in [-0.1, -0.05) is 62.4 Å². The highest BCUT2D eigenvalue weighted by atomic mass is 15.0. The fraction of sp³-hybridized carbons (Fsp3) is 0.120. The first-order chi connectivity index (χ1) is 13.6. The predicted octanol–water partition coefficient (Wildman–Crippen LogP) is 5.68. The molecule has 1 aliphatic carbocycles. The van der Waals surface area contributed by atoms with Crippen molar-refractivity contribution in [1.29, 1.82) is 10.5 Å². The highest BCUT2D eigenvalue weighted by molar-refractivity contribution is 6.03. The van der Waals surface area contributed by atoms with Gasteiger partial charge in [-0.25, -0.2) is 0 Å². The molecule has 0 spiro atoms. The molecule has 0 fully saturated rings. The van der Waals surface area contributed by atoms with Gasteiger partial charge in [0.05, 0.1) is 22.3 Å². The third kappa shape index (κ3) is 1.91. The quantitative estimate of drug-likeness (QED) is 0.439. The van der Waals surface area contributed by atoms with E-state index in [1.165, 1.54) is 16.7 Å². The van der Waals surface area contributed by atoms with Crippen LogP contribution in [-0.4, -0.2) is 4.57 Å². The minimum absolute atomic E-state index is 0.250. The van der Waals surface area contributed by atoms with Gasteiger partial charge < -0.3 is 4.57 Å². The van der Waals surface area contributed by atoms with Crippen LogP contribution in [0.1, 0.15) is 36.2 Å². The normalized spacial score (nSPS) is 13.6. The molecule has 1 aromatic heterocycles. The van der Waals surface area contributed by atoms with Crippen molar-refractivity contribution >= 4 is 10.9 Å². The van der Waals surface area contributed by atoms with Crippen LogP contribution >= 0.6 is 0 Å². The first-order valence-corrected chi connectivity index (χ1v) is 9.27. The largest absolute Gasteiger partial charge is 0.309 e. The Morgan fingerprint density at radius 3 is 2.14 bits per heavy atom. The van der Waals surface area contributed by atoms with Crippen LogP contribution in [0.3, 0.4) is 0 Å². The zero-order valence-corrected chi connectivity index (χ0v) is 15.7. The van der Waals surface area contributed by atoms with Gasteiger partial charge in [0.15, 0.2) is 0 Å². The molecule has 28 heavy (non-hydrogen) atoms. The Morgan fingerprint density at radius 1 is 0.786 bits per heavy atom. The summed E-state index contributed by atoms with van der Waals surface area (Å²) in [6.45, 7) is 4.43. The van der Waals surface area contributed by atoms with Crippen LogP contribution in [0.2, 0.25) is 0 Å². The van der Waals surface area contributed by atoms with Gasteiger partial charge >= 0.3 is 0 Å². The molecule has 3 aromatic carbocycles. The van der Waals surface area contributed by atoms with Crippen molar-refractivity contribution in [3.05, 3.63) is 89.1 Å². The van der Waals surface area contributed by atoms with E-state index < -0.39 is 0 Å². The Bertz CT molecular complexity index is 1320. The summed E-state index contributed by atoms with van der Waals surface area (Å²) in [6, 6.07) is 26.7. The average molecular weight is 359 g/mol. The fourth-order valence-electron chi connectivity index (χ4n) is 4.68. The van der Waals surface area contributed by atoms with Gasteiger partial charge in [0, 0.05) is 22.1 Å². The second-order valence-electron chi connectivity index (χ2n) is 7.67. The summed E-state index contributed by atoms with van der Waals surface area (Å²) in [5, 5.41) is 20.7. The second kappa shape index (κ2) is 5.59. The van der Waals surface area contributed by atoms with Gasteiger partial charge in [-0.15, -0.1) is 0 Å². The second-order valence-corrected chi connectivity index (χ2v) is 7.67. The van der Waals surface area contributed by atoms with E-state index in [1.807, 2.05) is 12.1 Å². The molecule has 0 saturated carbocycles. The summed E-state index contributed by atoms with van der Waals surface area (Å²) in [7, 11) is 0. The number of aromatic nitrogens is 1. The number of hydrogen-bond acceptors (Lipinski definition) is 2. The van der Waals surface area contributed by atoms with Crippen LogP contribution < -0.4 is 0 Å². The summed E-state index contributed by atoms with van der Waals surface area (Å²) in [4.78, 5) is 0. The van der Waals surface area contributed by atoms with Gasteiger partial charge in [0.1, 0.15) is 12.1 Å². The lowest BCUT2D eigenvalue weighted by Crippen LogP contribution is -2.20. The molecule has 0 amide bonds. The molecule has 0 atom stereocenters. The van der Waals surface area contributed by atoms with Crippen molar-refractivity contribution in [2.75, 3.05) is 0 Å². The lowest BCUT2D eigenvalue weighted by atomic mass is 9.85. The summed E-state index contributed by atoms with van der Waals surface area (Å²) in [5.74, 6) is 0. The zero-order chi connectivity index (χ0) is 19.5. The first-order valence-electron chi connectivity index (χ1n) is 9.27. The van der Waals surface area contributed by atoms with Crippen molar-refractivity contribution in [3.8, 4) is 29.0 Å².